The predicted octanol–water partition coefficient (Wildman–Crippen LogP) is 2.76. The van der Waals surface area contributed by atoms with Crippen LogP contribution in [0.1, 0.15) is 27.2 Å². The molecule has 28 heavy (non-hydrogen) atoms. The predicted molar refractivity (Wildman–Crippen MR) is 107 cm³/mol. The number of para-hydroxylation sites is 1. The summed E-state index contributed by atoms with van der Waals surface area (Å²) in [5.74, 6) is -0.287. The number of carbonyl (C=O) groups is 1. The van der Waals surface area contributed by atoms with Crippen molar-refractivity contribution in [2.45, 2.75) is 17.9 Å². The van der Waals surface area contributed by atoms with E-state index in [-0.39, 0.29) is 21.9 Å². The molecule has 0 saturated heterocycles. The van der Waals surface area contributed by atoms with E-state index >= 15 is 0 Å². The fourth-order valence-corrected chi connectivity index (χ4v) is 4.41. The van der Waals surface area contributed by atoms with Crippen LogP contribution in [0, 0.1) is 0 Å². The fourth-order valence-electron chi connectivity index (χ4n) is 3.31. The standard InChI is InChI=1S/C21H19N3O3S/c25-21(20-17-11-12-22-14-15(17)10-13-23-20)18-8-4-5-9-19(18)24-28(26,27)16-6-2-1-3-7-16/h1-10,13,22,24H,11-12,14H2. The summed E-state index contributed by atoms with van der Waals surface area (Å²) in [6, 6.07) is 16.6. The van der Waals surface area contributed by atoms with Gasteiger partial charge in [0.15, 0.2) is 0 Å². The van der Waals surface area contributed by atoms with E-state index in [0.29, 0.717) is 18.7 Å². The molecule has 0 saturated carbocycles. The number of benzene rings is 2. The summed E-state index contributed by atoms with van der Waals surface area (Å²) in [4.78, 5) is 17.7. The number of fused-ring (bicyclic) bond motifs is 1. The highest BCUT2D eigenvalue weighted by atomic mass is 32.2. The molecular formula is C21H19N3O3S. The summed E-state index contributed by atoms with van der Waals surface area (Å²) < 4.78 is 27.9. The number of sulfonamides is 1. The van der Waals surface area contributed by atoms with Crippen LogP contribution < -0.4 is 10.0 Å². The minimum atomic E-state index is -3.80. The van der Waals surface area contributed by atoms with E-state index in [1.807, 2.05) is 6.07 Å². The lowest BCUT2D eigenvalue weighted by Gasteiger charge is -2.19. The first-order chi connectivity index (χ1) is 13.6. The Morgan fingerprint density at radius 1 is 1.00 bits per heavy atom. The molecule has 2 N–H and O–H groups in total. The van der Waals surface area contributed by atoms with Gasteiger partial charge in [-0.15, -0.1) is 0 Å². The van der Waals surface area contributed by atoms with Crippen molar-refractivity contribution in [2.24, 2.45) is 0 Å². The molecule has 0 bridgehead atoms. The molecule has 2 aromatic carbocycles. The molecule has 1 aliphatic heterocycles. The van der Waals surface area contributed by atoms with Crippen LogP contribution in [0.5, 0.6) is 0 Å². The van der Waals surface area contributed by atoms with Gasteiger partial charge >= 0.3 is 0 Å². The zero-order valence-electron chi connectivity index (χ0n) is 15.1. The lowest BCUT2D eigenvalue weighted by Crippen LogP contribution is -2.26. The molecule has 142 valence electrons. The quantitative estimate of drug-likeness (QED) is 0.651. The Morgan fingerprint density at radius 2 is 1.75 bits per heavy atom. The van der Waals surface area contributed by atoms with Gasteiger partial charge in [0.25, 0.3) is 10.0 Å². The minimum Gasteiger partial charge on any atom is -0.312 e. The number of ketones is 1. The summed E-state index contributed by atoms with van der Waals surface area (Å²) >= 11 is 0. The highest BCUT2D eigenvalue weighted by Gasteiger charge is 2.23. The average molecular weight is 393 g/mol. The van der Waals surface area contributed by atoms with E-state index in [1.165, 1.54) is 12.1 Å². The highest BCUT2D eigenvalue weighted by Crippen LogP contribution is 2.25. The topological polar surface area (TPSA) is 88.2 Å². The molecule has 1 aromatic heterocycles. The van der Waals surface area contributed by atoms with E-state index < -0.39 is 10.0 Å². The van der Waals surface area contributed by atoms with Crippen molar-refractivity contribution < 1.29 is 13.2 Å². The number of nitrogens with one attached hydrogen (secondary N) is 2. The molecule has 3 aromatic rings. The van der Waals surface area contributed by atoms with Gasteiger partial charge in [-0.2, -0.15) is 0 Å². The number of hydrogen-bond donors (Lipinski definition) is 2. The number of hydrogen-bond acceptors (Lipinski definition) is 5. The zero-order chi connectivity index (χ0) is 19.6. The molecule has 0 radical (unpaired) electrons. The normalized spacial score (nSPS) is 13.6. The maximum atomic E-state index is 13.2. The van der Waals surface area contributed by atoms with Crippen molar-refractivity contribution in [2.75, 3.05) is 11.3 Å². The Bertz CT molecular complexity index is 1130. The van der Waals surface area contributed by atoms with Gasteiger partial charge in [-0.1, -0.05) is 30.3 Å². The Kier molecular flexibility index (Phi) is 4.93. The molecule has 0 spiro atoms. The monoisotopic (exact) mass is 393 g/mol. The summed E-state index contributed by atoms with van der Waals surface area (Å²) in [5.41, 5.74) is 2.87. The van der Waals surface area contributed by atoms with E-state index in [1.54, 1.807) is 48.7 Å². The average Bonchev–Trinajstić information content (AvgIpc) is 2.73. The first-order valence-corrected chi connectivity index (χ1v) is 10.4. The first-order valence-electron chi connectivity index (χ1n) is 8.95. The minimum absolute atomic E-state index is 0.138. The second-order valence-electron chi connectivity index (χ2n) is 6.52. The molecule has 4 rings (SSSR count). The summed E-state index contributed by atoms with van der Waals surface area (Å²) in [5, 5.41) is 3.28. The van der Waals surface area contributed by atoms with Crippen molar-refractivity contribution in [3.05, 3.63) is 89.2 Å². The Balaban J connectivity index is 1.72. The van der Waals surface area contributed by atoms with Gasteiger partial charge in [-0.25, -0.2) is 8.42 Å². The second kappa shape index (κ2) is 7.53. The van der Waals surface area contributed by atoms with Crippen LogP contribution in [0.2, 0.25) is 0 Å². The number of aromatic nitrogens is 1. The van der Waals surface area contributed by atoms with Gasteiger partial charge < -0.3 is 5.32 Å². The number of rotatable bonds is 5. The number of anilines is 1. The van der Waals surface area contributed by atoms with Gasteiger partial charge in [0.05, 0.1) is 10.6 Å². The molecule has 0 amide bonds. The largest absolute Gasteiger partial charge is 0.312 e. The smallest absolute Gasteiger partial charge is 0.261 e. The lowest BCUT2D eigenvalue weighted by atomic mass is 9.95. The number of pyridine rings is 1. The molecule has 2 heterocycles. The third-order valence-corrected chi connectivity index (χ3v) is 6.09. The summed E-state index contributed by atoms with van der Waals surface area (Å²) in [6.07, 6.45) is 2.33. The Morgan fingerprint density at radius 3 is 2.57 bits per heavy atom. The first kappa shape index (κ1) is 18.3. The molecule has 0 fully saturated rings. The van der Waals surface area contributed by atoms with E-state index in [2.05, 4.69) is 15.0 Å². The van der Waals surface area contributed by atoms with E-state index in [0.717, 1.165) is 17.7 Å². The zero-order valence-corrected chi connectivity index (χ0v) is 15.9. The molecule has 0 aliphatic carbocycles. The molecule has 6 nitrogen and oxygen atoms in total. The van der Waals surface area contributed by atoms with Crippen LogP contribution in [0.25, 0.3) is 0 Å². The fraction of sp³-hybridized carbons (Fsp3) is 0.143. The van der Waals surface area contributed by atoms with Crippen molar-refractivity contribution in [1.82, 2.24) is 10.3 Å². The molecular weight excluding hydrogens is 374 g/mol. The summed E-state index contributed by atoms with van der Waals surface area (Å²) in [6.45, 7) is 1.47. The van der Waals surface area contributed by atoms with Gasteiger partial charge in [0.2, 0.25) is 5.78 Å². The maximum absolute atomic E-state index is 13.2. The molecule has 7 heteroatoms. The van der Waals surface area contributed by atoms with Crippen LogP contribution in [0.3, 0.4) is 0 Å². The van der Waals surface area contributed by atoms with E-state index in [4.69, 9.17) is 0 Å². The van der Waals surface area contributed by atoms with Crippen LogP contribution in [0.15, 0.2) is 71.8 Å². The Labute approximate surface area is 163 Å². The number of carbonyl (C=O) groups excluding carboxylic acids is 1. The lowest BCUT2D eigenvalue weighted by molar-refractivity contribution is 0.103. The van der Waals surface area contributed by atoms with Gasteiger partial charge in [0.1, 0.15) is 5.69 Å². The van der Waals surface area contributed by atoms with Crippen LogP contribution in [0.4, 0.5) is 5.69 Å². The van der Waals surface area contributed by atoms with Crippen LogP contribution >= 0.6 is 0 Å². The van der Waals surface area contributed by atoms with E-state index in [9.17, 15) is 13.2 Å². The van der Waals surface area contributed by atoms with Crippen molar-refractivity contribution in [1.29, 1.82) is 0 Å². The van der Waals surface area contributed by atoms with Gasteiger partial charge in [0, 0.05) is 18.3 Å². The SMILES string of the molecule is O=C(c1ccccc1NS(=O)(=O)c1ccccc1)c1nccc2c1CCNC2. The second-order valence-corrected chi connectivity index (χ2v) is 8.20. The molecule has 1 aliphatic rings. The number of nitrogens with zero attached hydrogens (tertiary/aromatic N) is 1. The molecule has 0 unspecified atom stereocenters. The van der Waals surface area contributed by atoms with Crippen molar-refractivity contribution >= 4 is 21.5 Å². The maximum Gasteiger partial charge on any atom is 0.261 e. The molecule has 0 atom stereocenters. The third-order valence-electron chi connectivity index (χ3n) is 4.70. The highest BCUT2D eigenvalue weighted by molar-refractivity contribution is 7.92. The van der Waals surface area contributed by atoms with Crippen LogP contribution in [-0.4, -0.2) is 25.7 Å². The summed E-state index contributed by atoms with van der Waals surface area (Å²) in [7, 11) is -3.80. The third kappa shape index (κ3) is 3.54. The van der Waals surface area contributed by atoms with Crippen molar-refractivity contribution in [3.63, 3.8) is 0 Å². The van der Waals surface area contributed by atoms with Gasteiger partial charge in [-0.05, 0) is 54.4 Å². The van der Waals surface area contributed by atoms with Gasteiger partial charge in [-0.3, -0.25) is 14.5 Å². The Hall–Kier alpha value is -3.03. The van der Waals surface area contributed by atoms with Crippen molar-refractivity contribution in [3.8, 4) is 0 Å². The van der Waals surface area contributed by atoms with Crippen LogP contribution in [-0.2, 0) is 23.0 Å².